The van der Waals surface area contributed by atoms with E-state index >= 15 is 0 Å². The summed E-state index contributed by atoms with van der Waals surface area (Å²) in [6, 6.07) is 14.2. The third-order valence-electron chi connectivity index (χ3n) is 6.54. The summed E-state index contributed by atoms with van der Waals surface area (Å²) in [5, 5.41) is 12.9. The molecule has 0 saturated carbocycles. The van der Waals surface area contributed by atoms with E-state index in [2.05, 4.69) is 25.1 Å². The number of ether oxygens (including phenoxy) is 1. The zero-order valence-corrected chi connectivity index (χ0v) is 19.4. The molecule has 2 aromatic rings. The Hall–Kier alpha value is -1.88. The van der Waals surface area contributed by atoms with Crippen LogP contribution in [-0.2, 0) is 21.6 Å². The molecule has 1 aliphatic heterocycles. The molecular weight excluding hydrogens is 410 g/mol. The van der Waals surface area contributed by atoms with E-state index in [1.807, 2.05) is 24.3 Å². The van der Waals surface area contributed by atoms with Gasteiger partial charge >= 0.3 is 0 Å². The van der Waals surface area contributed by atoms with E-state index in [1.54, 1.807) is 12.0 Å². The number of unbranched alkanes of at least 4 members (excludes halogenated alkanes) is 1. The highest BCUT2D eigenvalue weighted by Crippen LogP contribution is 2.45. The number of carbonyl (C=O) groups excluding carboxylic acids is 1. The molecule has 2 atom stereocenters. The highest BCUT2D eigenvalue weighted by molar-refractivity contribution is 6.33. The lowest BCUT2D eigenvalue weighted by Crippen LogP contribution is -2.46. The SMILES string of the molecule is CCc1cccc(-c2c(Cl)cccc2C(O)(CCCCOC)C2CCCN(C=O)C2)c1. The predicted molar refractivity (Wildman–Crippen MR) is 126 cm³/mol. The number of carbonyl (C=O) groups is 1. The monoisotopic (exact) mass is 443 g/mol. The van der Waals surface area contributed by atoms with Crippen LogP contribution in [0, 0.1) is 5.92 Å². The molecule has 0 spiro atoms. The highest BCUT2D eigenvalue weighted by Gasteiger charge is 2.42. The third-order valence-corrected chi connectivity index (χ3v) is 6.85. The van der Waals surface area contributed by atoms with Gasteiger partial charge in [-0.15, -0.1) is 0 Å². The number of methoxy groups -OCH3 is 1. The van der Waals surface area contributed by atoms with E-state index in [4.69, 9.17) is 16.3 Å². The van der Waals surface area contributed by atoms with Gasteiger partial charge in [0, 0.05) is 43.3 Å². The number of hydrogen-bond donors (Lipinski definition) is 1. The molecule has 3 rings (SSSR count). The van der Waals surface area contributed by atoms with Gasteiger partial charge in [-0.2, -0.15) is 0 Å². The van der Waals surface area contributed by atoms with Crippen molar-refractivity contribution in [1.29, 1.82) is 0 Å². The number of hydrogen-bond acceptors (Lipinski definition) is 3. The van der Waals surface area contributed by atoms with Gasteiger partial charge in [0.1, 0.15) is 0 Å². The predicted octanol–water partition coefficient (Wildman–Crippen LogP) is 5.44. The lowest BCUT2D eigenvalue weighted by Gasteiger charge is -2.43. The maximum absolute atomic E-state index is 12.3. The second kappa shape index (κ2) is 11.1. The van der Waals surface area contributed by atoms with Gasteiger partial charge in [-0.05, 0) is 61.3 Å². The van der Waals surface area contributed by atoms with E-state index in [9.17, 15) is 9.90 Å². The quantitative estimate of drug-likeness (QED) is 0.392. The number of aryl methyl sites for hydroxylation is 1. The van der Waals surface area contributed by atoms with E-state index in [1.165, 1.54) is 5.56 Å². The molecule has 2 aromatic carbocycles. The first-order valence-corrected chi connectivity index (χ1v) is 11.7. The van der Waals surface area contributed by atoms with Gasteiger partial charge in [0.05, 0.1) is 5.60 Å². The van der Waals surface area contributed by atoms with E-state index < -0.39 is 5.60 Å². The first-order chi connectivity index (χ1) is 15.0. The van der Waals surface area contributed by atoms with Crippen LogP contribution >= 0.6 is 11.6 Å². The molecule has 1 fully saturated rings. The molecule has 1 N–H and O–H groups in total. The van der Waals surface area contributed by atoms with E-state index in [-0.39, 0.29) is 5.92 Å². The molecule has 0 bridgehead atoms. The fourth-order valence-electron chi connectivity index (χ4n) is 4.82. The zero-order valence-electron chi connectivity index (χ0n) is 18.6. The van der Waals surface area contributed by atoms with Crippen LogP contribution in [0.1, 0.15) is 50.2 Å². The minimum Gasteiger partial charge on any atom is -0.385 e. The van der Waals surface area contributed by atoms with Crippen LogP contribution < -0.4 is 0 Å². The van der Waals surface area contributed by atoms with Crippen molar-refractivity contribution in [2.24, 2.45) is 5.92 Å². The van der Waals surface area contributed by atoms with Crippen LogP contribution in [0.4, 0.5) is 0 Å². The molecule has 1 amide bonds. The largest absolute Gasteiger partial charge is 0.385 e. The summed E-state index contributed by atoms with van der Waals surface area (Å²) >= 11 is 6.75. The summed E-state index contributed by atoms with van der Waals surface area (Å²) in [5.74, 6) is -0.0411. The first-order valence-electron chi connectivity index (χ1n) is 11.3. The molecule has 1 aliphatic rings. The normalized spacial score (nSPS) is 18.6. The minimum absolute atomic E-state index is 0.0411. The van der Waals surface area contributed by atoms with Gasteiger partial charge in [-0.1, -0.05) is 54.9 Å². The Morgan fingerprint density at radius 1 is 1.26 bits per heavy atom. The maximum atomic E-state index is 12.3. The summed E-state index contributed by atoms with van der Waals surface area (Å²) in [4.78, 5) is 13.3. The summed E-state index contributed by atoms with van der Waals surface area (Å²) in [6.45, 7) is 4.11. The lowest BCUT2D eigenvalue weighted by atomic mass is 9.72. The van der Waals surface area contributed by atoms with Crippen molar-refractivity contribution in [1.82, 2.24) is 4.90 Å². The molecule has 0 radical (unpaired) electrons. The van der Waals surface area contributed by atoms with Gasteiger partial charge in [0.2, 0.25) is 6.41 Å². The van der Waals surface area contributed by atoms with Gasteiger partial charge in [0.25, 0.3) is 0 Å². The van der Waals surface area contributed by atoms with Crippen molar-refractivity contribution in [2.45, 2.75) is 51.0 Å². The van der Waals surface area contributed by atoms with Gasteiger partial charge in [-0.3, -0.25) is 4.79 Å². The Balaban J connectivity index is 2.08. The molecule has 1 heterocycles. The Kier molecular flexibility index (Phi) is 8.53. The Morgan fingerprint density at radius 2 is 2.06 bits per heavy atom. The van der Waals surface area contributed by atoms with Crippen molar-refractivity contribution < 1.29 is 14.6 Å². The summed E-state index contributed by atoms with van der Waals surface area (Å²) in [5.41, 5.74) is 2.95. The second-order valence-corrected chi connectivity index (χ2v) is 8.94. The smallest absolute Gasteiger partial charge is 0.209 e. The minimum atomic E-state index is -1.07. The number of rotatable bonds is 10. The Labute approximate surface area is 191 Å². The van der Waals surface area contributed by atoms with E-state index in [0.29, 0.717) is 24.6 Å². The van der Waals surface area contributed by atoms with Crippen LogP contribution in [-0.4, -0.2) is 43.2 Å². The number of halogens is 1. The topological polar surface area (TPSA) is 49.8 Å². The molecule has 5 heteroatoms. The number of aliphatic hydroxyl groups is 1. The number of benzene rings is 2. The van der Waals surface area contributed by atoms with Gasteiger partial charge < -0.3 is 14.7 Å². The standard InChI is InChI=1S/C26H34ClNO3/c1-3-20-9-6-10-21(17-20)25-23(12-7-13-24(25)27)26(30,14-4-5-16-31-2)22-11-8-15-28(18-22)19-29/h6-7,9-10,12-13,17,19,22,30H,3-5,8,11,14-16,18H2,1-2H3. The number of amides is 1. The van der Waals surface area contributed by atoms with Crippen LogP contribution in [0.25, 0.3) is 11.1 Å². The number of likely N-dealkylation sites (tertiary alicyclic amines) is 1. The molecular formula is C26H34ClNO3. The average Bonchev–Trinajstić information content (AvgIpc) is 2.81. The van der Waals surface area contributed by atoms with Crippen LogP contribution in [0.3, 0.4) is 0 Å². The molecule has 2 unspecified atom stereocenters. The average molecular weight is 444 g/mol. The van der Waals surface area contributed by atoms with Crippen LogP contribution in [0.15, 0.2) is 42.5 Å². The summed E-state index contributed by atoms with van der Waals surface area (Å²) in [6.07, 6.45) is 5.94. The van der Waals surface area contributed by atoms with Crippen molar-refractivity contribution in [3.05, 3.63) is 58.6 Å². The van der Waals surface area contributed by atoms with Crippen molar-refractivity contribution in [2.75, 3.05) is 26.8 Å². The van der Waals surface area contributed by atoms with E-state index in [0.717, 1.165) is 61.7 Å². The fraction of sp³-hybridized carbons (Fsp3) is 0.500. The van der Waals surface area contributed by atoms with Crippen molar-refractivity contribution in [3.8, 4) is 11.1 Å². The van der Waals surface area contributed by atoms with Gasteiger partial charge in [-0.25, -0.2) is 0 Å². The number of nitrogens with zero attached hydrogens (tertiary/aromatic N) is 1. The molecule has 0 aromatic heterocycles. The third kappa shape index (κ3) is 5.49. The Morgan fingerprint density at radius 3 is 2.81 bits per heavy atom. The number of piperidine rings is 1. The highest BCUT2D eigenvalue weighted by atomic mass is 35.5. The lowest BCUT2D eigenvalue weighted by molar-refractivity contribution is -0.123. The first kappa shape index (κ1) is 23.8. The summed E-state index contributed by atoms with van der Waals surface area (Å²) in [7, 11) is 1.70. The molecule has 1 saturated heterocycles. The zero-order chi connectivity index (χ0) is 22.3. The van der Waals surface area contributed by atoms with Crippen molar-refractivity contribution in [3.63, 3.8) is 0 Å². The maximum Gasteiger partial charge on any atom is 0.209 e. The molecule has 31 heavy (non-hydrogen) atoms. The summed E-state index contributed by atoms with van der Waals surface area (Å²) < 4.78 is 5.22. The molecule has 4 nitrogen and oxygen atoms in total. The van der Waals surface area contributed by atoms with Gasteiger partial charge in [0.15, 0.2) is 0 Å². The van der Waals surface area contributed by atoms with Crippen LogP contribution in [0.2, 0.25) is 5.02 Å². The molecule has 0 aliphatic carbocycles. The van der Waals surface area contributed by atoms with Crippen molar-refractivity contribution >= 4 is 18.0 Å². The second-order valence-electron chi connectivity index (χ2n) is 8.53. The Bertz CT molecular complexity index is 871. The molecule has 168 valence electrons. The fourth-order valence-corrected chi connectivity index (χ4v) is 5.10. The van der Waals surface area contributed by atoms with Crippen LogP contribution in [0.5, 0.6) is 0 Å².